The van der Waals surface area contributed by atoms with Crippen LogP contribution in [-0.2, 0) is 24.3 Å². The Labute approximate surface area is 166 Å². The molecule has 8 heteroatoms. The number of hydrogen-bond donors (Lipinski definition) is 1. The Morgan fingerprint density at radius 2 is 2.18 bits per heavy atom. The molecule has 7 nitrogen and oxygen atoms in total. The van der Waals surface area contributed by atoms with Crippen LogP contribution in [0.15, 0.2) is 29.1 Å². The second kappa shape index (κ2) is 7.27. The normalized spacial score (nSPS) is 19.3. The van der Waals surface area contributed by atoms with E-state index in [1.165, 1.54) is 4.88 Å². The number of nitrogens with zero attached hydrogens (tertiary/aromatic N) is 4. The Bertz CT molecular complexity index is 1050. The third-order valence-corrected chi connectivity index (χ3v) is 6.60. The zero-order valence-electron chi connectivity index (χ0n) is 15.5. The lowest BCUT2D eigenvalue weighted by Crippen LogP contribution is -2.33. The molecule has 1 N–H and O–H groups in total. The Balaban J connectivity index is 1.61. The Hall–Kier alpha value is -2.29. The van der Waals surface area contributed by atoms with E-state index in [0.29, 0.717) is 17.5 Å². The number of fused-ring (bicyclic) bond motifs is 2. The van der Waals surface area contributed by atoms with Crippen molar-refractivity contribution in [2.24, 2.45) is 0 Å². The Kier molecular flexibility index (Phi) is 4.62. The highest BCUT2D eigenvalue weighted by molar-refractivity contribution is 7.15. The number of aliphatic hydroxyl groups excluding tert-OH is 1. The van der Waals surface area contributed by atoms with Gasteiger partial charge in [-0.25, -0.2) is 9.97 Å². The Morgan fingerprint density at radius 1 is 1.29 bits per heavy atom. The molecule has 3 aromatic rings. The van der Waals surface area contributed by atoms with Gasteiger partial charge in [-0.3, -0.25) is 9.36 Å². The van der Waals surface area contributed by atoms with E-state index in [0.717, 1.165) is 49.1 Å². The van der Waals surface area contributed by atoms with Gasteiger partial charge in [0.1, 0.15) is 5.82 Å². The van der Waals surface area contributed by atoms with Gasteiger partial charge in [0.15, 0.2) is 5.13 Å². The van der Waals surface area contributed by atoms with Crippen molar-refractivity contribution >= 4 is 27.4 Å². The van der Waals surface area contributed by atoms with Gasteiger partial charge >= 0.3 is 0 Å². The van der Waals surface area contributed by atoms with Gasteiger partial charge < -0.3 is 14.7 Å². The number of thiazole rings is 1. The van der Waals surface area contributed by atoms with Crippen molar-refractivity contribution in [3.63, 3.8) is 0 Å². The fraction of sp³-hybridized carbons (Fsp3) is 0.450. The summed E-state index contributed by atoms with van der Waals surface area (Å²) in [6, 6.07) is 7.40. The maximum atomic E-state index is 13.1. The molecule has 2 aliphatic heterocycles. The summed E-state index contributed by atoms with van der Waals surface area (Å²) in [5.41, 5.74) is 1.75. The van der Waals surface area contributed by atoms with Crippen LogP contribution >= 0.6 is 11.3 Å². The van der Waals surface area contributed by atoms with E-state index in [1.54, 1.807) is 22.0 Å². The van der Waals surface area contributed by atoms with Crippen molar-refractivity contribution in [3.8, 4) is 0 Å². The van der Waals surface area contributed by atoms with E-state index in [9.17, 15) is 9.90 Å². The van der Waals surface area contributed by atoms with E-state index >= 15 is 0 Å². The minimum atomic E-state index is -0.0947. The maximum Gasteiger partial charge on any atom is 0.261 e. The first kappa shape index (κ1) is 17.8. The molecule has 1 atom stereocenters. The quantitative estimate of drug-likeness (QED) is 0.726. The predicted octanol–water partition coefficient (Wildman–Crippen LogP) is 2.26. The zero-order valence-corrected chi connectivity index (χ0v) is 16.3. The predicted molar refractivity (Wildman–Crippen MR) is 108 cm³/mol. The van der Waals surface area contributed by atoms with E-state index in [2.05, 4.69) is 4.90 Å². The van der Waals surface area contributed by atoms with Gasteiger partial charge in [0, 0.05) is 13.0 Å². The summed E-state index contributed by atoms with van der Waals surface area (Å²) in [5.74, 6) is 0.722. The number of hydrogen-bond acceptors (Lipinski definition) is 7. The van der Waals surface area contributed by atoms with Crippen LogP contribution in [0.1, 0.15) is 35.3 Å². The number of aromatic nitrogens is 3. The number of rotatable bonds is 4. The first-order chi connectivity index (χ1) is 13.8. The molecule has 146 valence electrons. The van der Waals surface area contributed by atoms with Gasteiger partial charge in [-0.05, 0) is 25.0 Å². The van der Waals surface area contributed by atoms with Gasteiger partial charge in [-0.1, -0.05) is 23.5 Å². The molecular weight excluding hydrogens is 376 g/mol. The fourth-order valence-electron chi connectivity index (χ4n) is 4.15. The van der Waals surface area contributed by atoms with E-state index < -0.39 is 0 Å². The number of ether oxygens (including phenoxy) is 1. The van der Waals surface area contributed by atoms with Crippen molar-refractivity contribution in [1.82, 2.24) is 14.5 Å². The topological polar surface area (TPSA) is 80.5 Å². The summed E-state index contributed by atoms with van der Waals surface area (Å²) < 4.78 is 7.21. The Morgan fingerprint density at radius 3 is 3.04 bits per heavy atom. The van der Waals surface area contributed by atoms with Crippen LogP contribution in [0, 0.1) is 0 Å². The summed E-state index contributed by atoms with van der Waals surface area (Å²) in [6.07, 6.45) is 2.79. The summed E-state index contributed by atoms with van der Waals surface area (Å²) >= 11 is 1.68. The second-order valence-electron chi connectivity index (χ2n) is 7.19. The molecule has 1 fully saturated rings. The fourth-order valence-corrected chi connectivity index (χ4v) is 5.27. The largest absolute Gasteiger partial charge is 0.395 e. The molecule has 28 heavy (non-hydrogen) atoms. The van der Waals surface area contributed by atoms with Crippen LogP contribution in [0.5, 0.6) is 0 Å². The maximum absolute atomic E-state index is 13.1. The van der Waals surface area contributed by atoms with Crippen LogP contribution < -0.4 is 10.5 Å². The van der Waals surface area contributed by atoms with Crippen molar-refractivity contribution in [2.45, 2.75) is 38.5 Å². The molecule has 0 saturated carbocycles. The van der Waals surface area contributed by atoms with Gasteiger partial charge in [0.05, 0.1) is 53.9 Å². The van der Waals surface area contributed by atoms with Crippen molar-refractivity contribution < 1.29 is 9.84 Å². The lowest BCUT2D eigenvalue weighted by atomic mass is 10.1. The minimum absolute atomic E-state index is 0.0163. The molecule has 0 aliphatic carbocycles. The summed E-state index contributed by atoms with van der Waals surface area (Å²) in [5, 5.41) is 11.1. The van der Waals surface area contributed by atoms with Crippen molar-refractivity contribution in [1.29, 1.82) is 0 Å². The first-order valence-electron chi connectivity index (χ1n) is 9.69. The average molecular weight is 398 g/mol. The zero-order chi connectivity index (χ0) is 19.1. The lowest BCUT2D eigenvalue weighted by Gasteiger charge is -2.26. The van der Waals surface area contributed by atoms with Crippen molar-refractivity contribution in [2.75, 3.05) is 24.7 Å². The SMILES string of the molecule is O=c1c2ccccc2nc(C2CCCN2c2nc3c(s2)COCC3)n1CCO. The van der Waals surface area contributed by atoms with Gasteiger partial charge in [-0.15, -0.1) is 0 Å². The number of para-hydroxylation sites is 1. The molecule has 4 heterocycles. The van der Waals surface area contributed by atoms with Crippen LogP contribution in [0.3, 0.4) is 0 Å². The van der Waals surface area contributed by atoms with Crippen LogP contribution in [0.4, 0.5) is 5.13 Å². The molecule has 0 bridgehead atoms. The monoisotopic (exact) mass is 398 g/mol. The highest BCUT2D eigenvalue weighted by Gasteiger charge is 2.33. The third kappa shape index (κ3) is 2.92. The number of aliphatic hydroxyl groups is 1. The molecular formula is C20H22N4O3S. The third-order valence-electron chi connectivity index (χ3n) is 5.49. The molecule has 2 aliphatic rings. The molecule has 0 amide bonds. The standard InChI is InChI=1S/C20H22N4O3S/c25-10-9-24-18(21-14-5-2-1-4-13(14)19(24)26)16-6-3-8-23(16)20-22-15-7-11-27-12-17(15)28-20/h1-2,4-5,16,25H,3,6-12H2. The number of anilines is 1. The minimum Gasteiger partial charge on any atom is -0.395 e. The van der Waals surface area contributed by atoms with E-state index in [-0.39, 0.29) is 24.8 Å². The van der Waals surface area contributed by atoms with Gasteiger partial charge in [0.2, 0.25) is 0 Å². The van der Waals surface area contributed by atoms with Crippen LogP contribution in [0.25, 0.3) is 10.9 Å². The smallest absolute Gasteiger partial charge is 0.261 e. The molecule has 0 radical (unpaired) electrons. The molecule has 1 saturated heterocycles. The molecule has 1 aromatic carbocycles. The molecule has 2 aromatic heterocycles. The van der Waals surface area contributed by atoms with Gasteiger partial charge in [0.25, 0.3) is 5.56 Å². The highest BCUT2D eigenvalue weighted by Crippen LogP contribution is 2.39. The van der Waals surface area contributed by atoms with E-state index in [4.69, 9.17) is 14.7 Å². The van der Waals surface area contributed by atoms with Crippen LogP contribution in [0.2, 0.25) is 0 Å². The van der Waals surface area contributed by atoms with Crippen LogP contribution in [-0.4, -0.2) is 39.4 Å². The van der Waals surface area contributed by atoms with Crippen molar-refractivity contribution in [3.05, 3.63) is 51.0 Å². The summed E-state index contributed by atoms with van der Waals surface area (Å²) in [4.78, 5) is 26.3. The summed E-state index contributed by atoms with van der Waals surface area (Å²) in [6.45, 7) is 2.40. The molecule has 5 rings (SSSR count). The summed E-state index contributed by atoms with van der Waals surface area (Å²) in [7, 11) is 0. The molecule has 0 spiro atoms. The average Bonchev–Trinajstić information content (AvgIpc) is 3.36. The highest BCUT2D eigenvalue weighted by atomic mass is 32.1. The number of benzene rings is 1. The lowest BCUT2D eigenvalue weighted by molar-refractivity contribution is 0.112. The second-order valence-corrected chi connectivity index (χ2v) is 8.25. The first-order valence-corrected chi connectivity index (χ1v) is 10.5. The van der Waals surface area contributed by atoms with Gasteiger partial charge in [-0.2, -0.15) is 0 Å². The molecule has 1 unspecified atom stereocenters. The van der Waals surface area contributed by atoms with E-state index in [1.807, 2.05) is 18.2 Å².